The second kappa shape index (κ2) is 7.45. The van der Waals surface area contributed by atoms with Crippen LogP contribution in [0.15, 0.2) is 53.5 Å². The number of benzene rings is 2. The summed E-state index contributed by atoms with van der Waals surface area (Å²) in [6.45, 7) is 0. The Kier molecular flexibility index (Phi) is 5.09. The number of para-hydroxylation sites is 1. The number of amides is 4. The average molecular weight is 458 g/mol. The van der Waals surface area contributed by atoms with Crippen LogP contribution in [0.4, 0.5) is 16.2 Å². The number of urea groups is 1. The molecule has 1 N–H and O–H groups in total. The smallest absolute Gasteiger partial charge is 0.276 e. The molecule has 0 unspecified atom stereocenters. The Balaban J connectivity index is 1.92. The predicted octanol–water partition coefficient (Wildman–Crippen LogP) is 2.76. The van der Waals surface area contributed by atoms with E-state index < -0.39 is 23.8 Å². The summed E-state index contributed by atoms with van der Waals surface area (Å²) < 4.78 is 0.943. The van der Waals surface area contributed by atoms with Crippen LogP contribution in [0.3, 0.4) is 0 Å². The van der Waals surface area contributed by atoms with Gasteiger partial charge in [-0.1, -0.05) is 12.1 Å². The van der Waals surface area contributed by atoms with Crippen molar-refractivity contribution in [3.8, 4) is 6.07 Å². The summed E-state index contributed by atoms with van der Waals surface area (Å²) in [5.74, 6) is -2.71. The van der Waals surface area contributed by atoms with E-state index in [1.165, 1.54) is 0 Å². The molecule has 1 aliphatic heterocycles. The summed E-state index contributed by atoms with van der Waals surface area (Å²) in [6, 6.07) is 14.5. The molecule has 0 radical (unpaired) electrons. The van der Waals surface area contributed by atoms with Crippen LogP contribution < -0.4 is 10.2 Å². The lowest BCUT2D eigenvalue weighted by Crippen LogP contribution is -2.58. The van der Waals surface area contributed by atoms with E-state index in [-0.39, 0.29) is 0 Å². The lowest BCUT2D eigenvalue weighted by atomic mass is 10.1. The van der Waals surface area contributed by atoms with E-state index in [4.69, 9.17) is 5.26 Å². The number of anilines is 1. The molecule has 7 nitrogen and oxygen atoms in total. The van der Waals surface area contributed by atoms with Gasteiger partial charge >= 0.3 is 6.03 Å². The number of hydrogen-bond donors (Lipinski definition) is 1. The number of rotatable bonds is 3. The second-order valence-electron chi connectivity index (χ2n) is 5.33. The first-order valence-electron chi connectivity index (χ1n) is 7.49. The minimum atomic E-state index is -1.27. The first kappa shape index (κ1) is 17.8. The summed E-state index contributed by atoms with van der Waals surface area (Å²) in [5, 5.41) is 11.2. The van der Waals surface area contributed by atoms with E-state index >= 15 is 0 Å². The third kappa shape index (κ3) is 3.48. The Morgan fingerprint density at radius 1 is 1.12 bits per heavy atom. The molecule has 8 heteroatoms. The molecule has 3 rings (SSSR count). The van der Waals surface area contributed by atoms with Gasteiger partial charge in [-0.2, -0.15) is 5.26 Å². The highest BCUT2D eigenvalue weighted by molar-refractivity contribution is 14.1. The fraction of sp³-hybridized carbons (Fsp3) is 0.0556. The fourth-order valence-corrected chi connectivity index (χ4v) is 2.75. The van der Waals surface area contributed by atoms with Crippen molar-refractivity contribution in [1.29, 1.82) is 5.26 Å². The molecule has 2 aromatic carbocycles. The van der Waals surface area contributed by atoms with Crippen LogP contribution in [0.2, 0.25) is 0 Å². The molecule has 1 fully saturated rings. The number of aliphatic imine (C=N–C) groups is 1. The van der Waals surface area contributed by atoms with Gasteiger partial charge in [-0.3, -0.25) is 19.9 Å². The maximum absolute atomic E-state index is 12.7. The van der Waals surface area contributed by atoms with E-state index in [1.807, 2.05) is 6.07 Å². The fourth-order valence-electron chi connectivity index (χ4n) is 2.39. The minimum absolute atomic E-state index is 0.318. The van der Waals surface area contributed by atoms with Crippen LogP contribution in [0, 0.1) is 20.8 Å². The summed E-state index contributed by atoms with van der Waals surface area (Å²) in [4.78, 5) is 41.9. The van der Waals surface area contributed by atoms with Gasteiger partial charge in [0.1, 0.15) is 6.07 Å². The molecule has 0 saturated carbocycles. The lowest BCUT2D eigenvalue weighted by Gasteiger charge is -2.28. The Morgan fingerprint density at radius 2 is 1.81 bits per heavy atom. The van der Waals surface area contributed by atoms with Gasteiger partial charge in [0, 0.05) is 9.78 Å². The number of hydrogen-bond acceptors (Lipinski definition) is 5. The SMILES string of the molecule is N#Cc1ccccc1N=C[C@H]1C(=O)NC(=O)N(c2ccc(I)cc2)C1=O. The number of imide groups is 2. The second-order valence-corrected chi connectivity index (χ2v) is 6.57. The van der Waals surface area contributed by atoms with E-state index in [9.17, 15) is 14.4 Å². The third-order valence-corrected chi connectivity index (χ3v) is 4.39. The molecular formula is C18H11IN4O3. The van der Waals surface area contributed by atoms with Gasteiger partial charge in [-0.15, -0.1) is 0 Å². The molecule has 128 valence electrons. The van der Waals surface area contributed by atoms with Crippen molar-refractivity contribution in [1.82, 2.24) is 5.32 Å². The number of carbonyl (C=O) groups is 3. The molecule has 26 heavy (non-hydrogen) atoms. The van der Waals surface area contributed by atoms with E-state index in [1.54, 1.807) is 48.5 Å². The van der Waals surface area contributed by atoms with Gasteiger partial charge in [-0.05, 0) is 59.0 Å². The van der Waals surface area contributed by atoms with Crippen LogP contribution in [0.5, 0.6) is 0 Å². The van der Waals surface area contributed by atoms with Crippen LogP contribution in [-0.2, 0) is 9.59 Å². The predicted molar refractivity (Wildman–Crippen MR) is 103 cm³/mol. The van der Waals surface area contributed by atoms with Crippen LogP contribution in [0.1, 0.15) is 5.56 Å². The highest BCUT2D eigenvalue weighted by Gasteiger charge is 2.40. The zero-order valence-electron chi connectivity index (χ0n) is 13.2. The summed E-state index contributed by atoms with van der Waals surface area (Å²) in [5.41, 5.74) is 1.02. The first-order chi connectivity index (χ1) is 12.5. The number of barbiturate groups is 1. The molecule has 2 aromatic rings. The molecule has 0 aliphatic carbocycles. The largest absolute Gasteiger partial charge is 0.335 e. The maximum atomic E-state index is 12.7. The van der Waals surface area contributed by atoms with Gasteiger partial charge in [0.05, 0.1) is 16.9 Å². The van der Waals surface area contributed by atoms with Crippen LogP contribution >= 0.6 is 22.6 Å². The van der Waals surface area contributed by atoms with Gasteiger partial charge < -0.3 is 0 Å². The minimum Gasteiger partial charge on any atom is -0.276 e. The standard InChI is InChI=1S/C18H11IN4O3/c19-12-5-7-13(8-6-12)23-17(25)14(16(24)22-18(23)26)10-21-15-4-2-1-3-11(15)9-20/h1-8,10,14H,(H,22,24,26)/t14-/m0/s1. The average Bonchev–Trinajstić information content (AvgIpc) is 2.63. The Hall–Kier alpha value is -3.06. The van der Waals surface area contributed by atoms with Gasteiger partial charge in [0.25, 0.3) is 5.91 Å². The quantitative estimate of drug-likeness (QED) is 0.434. The van der Waals surface area contributed by atoms with Crippen molar-refractivity contribution in [2.75, 3.05) is 4.90 Å². The summed E-state index contributed by atoms with van der Waals surface area (Å²) in [6.07, 6.45) is 1.15. The molecule has 1 heterocycles. The molecular weight excluding hydrogens is 447 g/mol. The van der Waals surface area contributed by atoms with Crippen LogP contribution in [0.25, 0.3) is 0 Å². The maximum Gasteiger partial charge on any atom is 0.335 e. The van der Waals surface area contributed by atoms with E-state index in [0.717, 1.165) is 14.7 Å². The van der Waals surface area contributed by atoms with Crippen molar-refractivity contribution < 1.29 is 14.4 Å². The molecule has 1 atom stereocenters. The summed E-state index contributed by atoms with van der Waals surface area (Å²) in [7, 11) is 0. The highest BCUT2D eigenvalue weighted by atomic mass is 127. The number of nitrogens with zero attached hydrogens (tertiary/aromatic N) is 3. The molecule has 0 bridgehead atoms. The summed E-state index contributed by atoms with van der Waals surface area (Å²) >= 11 is 2.11. The monoisotopic (exact) mass is 458 g/mol. The Morgan fingerprint density at radius 3 is 2.50 bits per heavy atom. The lowest BCUT2D eigenvalue weighted by molar-refractivity contribution is -0.131. The molecule has 1 saturated heterocycles. The Labute approximate surface area is 162 Å². The zero-order valence-corrected chi connectivity index (χ0v) is 15.4. The number of nitriles is 1. The van der Waals surface area contributed by atoms with E-state index in [2.05, 4.69) is 32.9 Å². The van der Waals surface area contributed by atoms with Crippen molar-refractivity contribution in [2.45, 2.75) is 0 Å². The third-order valence-electron chi connectivity index (χ3n) is 3.67. The van der Waals surface area contributed by atoms with Crippen molar-refractivity contribution in [3.05, 3.63) is 57.7 Å². The van der Waals surface area contributed by atoms with Crippen molar-refractivity contribution in [2.24, 2.45) is 10.9 Å². The molecule has 4 amide bonds. The number of carbonyl (C=O) groups excluding carboxylic acids is 3. The van der Waals surface area contributed by atoms with E-state index in [0.29, 0.717) is 16.9 Å². The number of halogens is 1. The Bertz CT molecular complexity index is 963. The van der Waals surface area contributed by atoms with Gasteiger partial charge in [-0.25, -0.2) is 9.69 Å². The van der Waals surface area contributed by atoms with Crippen LogP contribution in [-0.4, -0.2) is 24.1 Å². The van der Waals surface area contributed by atoms with Gasteiger partial charge in [0.2, 0.25) is 5.91 Å². The number of nitrogens with one attached hydrogen (secondary N) is 1. The molecule has 0 aromatic heterocycles. The normalized spacial score (nSPS) is 17.3. The first-order valence-corrected chi connectivity index (χ1v) is 8.57. The zero-order chi connectivity index (χ0) is 18.7. The molecule has 1 aliphatic rings. The highest BCUT2D eigenvalue weighted by Crippen LogP contribution is 2.22. The topological polar surface area (TPSA) is 103 Å². The van der Waals surface area contributed by atoms with Gasteiger partial charge in [0.15, 0.2) is 5.92 Å². The molecule has 0 spiro atoms. The van der Waals surface area contributed by atoms with Crippen molar-refractivity contribution >= 4 is 58.0 Å². The van der Waals surface area contributed by atoms with Crippen molar-refractivity contribution in [3.63, 3.8) is 0 Å².